The van der Waals surface area contributed by atoms with E-state index in [0.717, 1.165) is 0 Å². The molecule has 1 aromatic carbocycles. The molecule has 20 heavy (non-hydrogen) atoms. The van der Waals surface area contributed by atoms with Gasteiger partial charge < -0.3 is 15.3 Å². The summed E-state index contributed by atoms with van der Waals surface area (Å²) < 4.78 is 13.4. The number of piperidine rings is 1. The fourth-order valence-corrected chi connectivity index (χ4v) is 2.29. The van der Waals surface area contributed by atoms with Crippen LogP contribution in [0.3, 0.4) is 0 Å². The number of carbonyl (C=O) groups excluding carboxylic acids is 1. The van der Waals surface area contributed by atoms with Crippen molar-refractivity contribution in [2.75, 3.05) is 13.1 Å². The van der Waals surface area contributed by atoms with E-state index in [2.05, 4.69) is 5.32 Å². The average molecular weight is 280 g/mol. The molecule has 1 atom stereocenters. The molecule has 108 valence electrons. The zero-order valence-electron chi connectivity index (χ0n) is 11.0. The average Bonchev–Trinajstić information content (AvgIpc) is 2.46. The minimum absolute atomic E-state index is 0.0970. The summed E-state index contributed by atoms with van der Waals surface area (Å²) in [6.07, 6.45) is 1.26. The normalized spacial score (nSPS) is 18.6. The zero-order chi connectivity index (χ0) is 14.5. The Morgan fingerprint density at radius 2 is 2.15 bits per heavy atom. The largest absolute Gasteiger partial charge is 0.481 e. The number of nitrogens with one attached hydrogen (secondary N) is 1. The molecule has 1 aromatic rings. The predicted octanol–water partition coefficient (Wildman–Crippen LogP) is 1.83. The third-order valence-corrected chi connectivity index (χ3v) is 3.45. The summed E-state index contributed by atoms with van der Waals surface area (Å²) in [5.74, 6) is -1.76. The molecule has 1 fully saturated rings. The molecule has 0 bridgehead atoms. The Labute approximate surface area is 116 Å². The molecular weight excluding hydrogens is 263 g/mol. The van der Waals surface area contributed by atoms with E-state index in [-0.39, 0.29) is 24.9 Å². The van der Waals surface area contributed by atoms with Crippen LogP contribution in [0.4, 0.5) is 9.18 Å². The molecule has 0 unspecified atom stereocenters. The highest BCUT2D eigenvalue weighted by Crippen LogP contribution is 2.16. The van der Waals surface area contributed by atoms with Crippen molar-refractivity contribution >= 4 is 12.0 Å². The van der Waals surface area contributed by atoms with E-state index in [1.54, 1.807) is 18.2 Å². The van der Waals surface area contributed by atoms with Gasteiger partial charge in [-0.1, -0.05) is 18.2 Å². The molecule has 0 aliphatic carbocycles. The Hall–Kier alpha value is -2.11. The topological polar surface area (TPSA) is 69.6 Å². The fraction of sp³-hybridized carbons (Fsp3) is 0.429. The van der Waals surface area contributed by atoms with E-state index in [0.29, 0.717) is 24.9 Å². The molecule has 1 aliphatic rings. The first-order chi connectivity index (χ1) is 9.58. The Morgan fingerprint density at radius 1 is 1.40 bits per heavy atom. The van der Waals surface area contributed by atoms with Crippen molar-refractivity contribution in [3.8, 4) is 0 Å². The standard InChI is InChI=1S/C14H17FN2O3/c15-12-6-2-1-4-10(12)8-16-14(20)17-7-3-5-11(9-17)13(18)19/h1-2,4,6,11H,3,5,7-9H2,(H,16,20)(H,18,19)/t11-/m1/s1. The lowest BCUT2D eigenvalue weighted by Gasteiger charge is -2.30. The van der Waals surface area contributed by atoms with Gasteiger partial charge in [-0.05, 0) is 18.9 Å². The van der Waals surface area contributed by atoms with Crippen LogP contribution in [0.25, 0.3) is 0 Å². The fourth-order valence-electron chi connectivity index (χ4n) is 2.29. The second-order valence-electron chi connectivity index (χ2n) is 4.87. The molecule has 1 saturated heterocycles. The van der Waals surface area contributed by atoms with Gasteiger partial charge in [0.05, 0.1) is 5.92 Å². The van der Waals surface area contributed by atoms with Gasteiger partial charge in [0, 0.05) is 25.2 Å². The van der Waals surface area contributed by atoms with Crippen LogP contribution in [0.2, 0.25) is 0 Å². The highest BCUT2D eigenvalue weighted by molar-refractivity contribution is 5.76. The molecule has 0 spiro atoms. The molecule has 2 N–H and O–H groups in total. The maximum absolute atomic E-state index is 13.4. The number of carboxylic acid groups (broad SMARTS) is 1. The van der Waals surface area contributed by atoms with Gasteiger partial charge in [0.25, 0.3) is 0 Å². The molecular formula is C14H17FN2O3. The van der Waals surface area contributed by atoms with Gasteiger partial charge in [-0.2, -0.15) is 0 Å². The van der Waals surface area contributed by atoms with Gasteiger partial charge in [-0.15, -0.1) is 0 Å². The van der Waals surface area contributed by atoms with E-state index in [1.165, 1.54) is 11.0 Å². The van der Waals surface area contributed by atoms with Crippen molar-refractivity contribution in [1.29, 1.82) is 0 Å². The van der Waals surface area contributed by atoms with E-state index >= 15 is 0 Å². The maximum Gasteiger partial charge on any atom is 0.317 e. The molecule has 2 rings (SSSR count). The summed E-state index contributed by atoms with van der Waals surface area (Å²) in [6, 6.07) is 5.88. The molecule has 0 radical (unpaired) electrons. The van der Waals surface area contributed by atoms with Crippen LogP contribution in [0.1, 0.15) is 18.4 Å². The van der Waals surface area contributed by atoms with Crippen molar-refractivity contribution in [2.45, 2.75) is 19.4 Å². The highest BCUT2D eigenvalue weighted by atomic mass is 19.1. The molecule has 0 saturated carbocycles. The number of hydrogen-bond donors (Lipinski definition) is 2. The quantitative estimate of drug-likeness (QED) is 0.887. The Kier molecular flexibility index (Phi) is 4.55. The van der Waals surface area contributed by atoms with Crippen LogP contribution in [0.15, 0.2) is 24.3 Å². The van der Waals surface area contributed by atoms with Gasteiger partial charge in [0.15, 0.2) is 0 Å². The van der Waals surface area contributed by atoms with E-state index in [1.807, 2.05) is 0 Å². The first-order valence-corrected chi connectivity index (χ1v) is 6.57. The Bertz CT molecular complexity index is 507. The summed E-state index contributed by atoms with van der Waals surface area (Å²) in [5.41, 5.74) is 0.410. The monoisotopic (exact) mass is 280 g/mol. The lowest BCUT2D eigenvalue weighted by atomic mass is 9.99. The predicted molar refractivity (Wildman–Crippen MR) is 70.6 cm³/mol. The van der Waals surface area contributed by atoms with Gasteiger partial charge in [0.1, 0.15) is 5.82 Å². The number of urea groups is 1. The number of carbonyl (C=O) groups is 2. The van der Waals surface area contributed by atoms with Crippen LogP contribution < -0.4 is 5.32 Å². The first-order valence-electron chi connectivity index (χ1n) is 6.57. The van der Waals surface area contributed by atoms with Crippen LogP contribution in [-0.4, -0.2) is 35.1 Å². The Balaban J connectivity index is 1.89. The van der Waals surface area contributed by atoms with Crippen molar-refractivity contribution in [3.05, 3.63) is 35.6 Å². The van der Waals surface area contributed by atoms with Crippen LogP contribution in [0, 0.1) is 11.7 Å². The van der Waals surface area contributed by atoms with E-state index in [9.17, 15) is 14.0 Å². The number of aliphatic carboxylic acids is 1. The maximum atomic E-state index is 13.4. The second-order valence-corrected chi connectivity index (χ2v) is 4.87. The number of rotatable bonds is 3. The summed E-state index contributed by atoms with van der Waals surface area (Å²) in [7, 11) is 0. The zero-order valence-corrected chi connectivity index (χ0v) is 11.0. The molecule has 2 amide bonds. The highest BCUT2D eigenvalue weighted by Gasteiger charge is 2.27. The van der Waals surface area contributed by atoms with Crippen LogP contribution in [-0.2, 0) is 11.3 Å². The van der Waals surface area contributed by atoms with Gasteiger partial charge in [0.2, 0.25) is 0 Å². The van der Waals surface area contributed by atoms with Crippen molar-refractivity contribution < 1.29 is 19.1 Å². The number of likely N-dealkylation sites (tertiary alicyclic amines) is 1. The minimum atomic E-state index is -0.878. The SMILES string of the molecule is O=C(O)[C@@H]1CCCN(C(=O)NCc2ccccc2F)C1. The number of carboxylic acids is 1. The Morgan fingerprint density at radius 3 is 2.85 bits per heavy atom. The van der Waals surface area contributed by atoms with Crippen molar-refractivity contribution in [2.24, 2.45) is 5.92 Å². The van der Waals surface area contributed by atoms with E-state index < -0.39 is 11.9 Å². The van der Waals surface area contributed by atoms with E-state index in [4.69, 9.17) is 5.11 Å². The molecule has 0 aromatic heterocycles. The number of hydrogen-bond acceptors (Lipinski definition) is 2. The minimum Gasteiger partial charge on any atom is -0.481 e. The lowest BCUT2D eigenvalue weighted by molar-refractivity contribution is -0.143. The number of halogens is 1. The summed E-state index contributed by atoms with van der Waals surface area (Å²) in [5, 5.41) is 11.6. The smallest absolute Gasteiger partial charge is 0.317 e. The van der Waals surface area contributed by atoms with Crippen LogP contribution >= 0.6 is 0 Å². The third kappa shape index (κ3) is 3.46. The van der Waals surface area contributed by atoms with Crippen LogP contribution in [0.5, 0.6) is 0 Å². The second kappa shape index (κ2) is 6.36. The number of nitrogens with zero attached hydrogens (tertiary/aromatic N) is 1. The van der Waals surface area contributed by atoms with Gasteiger partial charge >= 0.3 is 12.0 Å². The first kappa shape index (κ1) is 14.3. The molecule has 1 aliphatic heterocycles. The number of amides is 2. The summed E-state index contributed by atoms with van der Waals surface area (Å²) in [6.45, 7) is 0.838. The van der Waals surface area contributed by atoms with Crippen molar-refractivity contribution in [1.82, 2.24) is 10.2 Å². The molecule has 1 heterocycles. The van der Waals surface area contributed by atoms with Crippen molar-refractivity contribution in [3.63, 3.8) is 0 Å². The summed E-state index contributed by atoms with van der Waals surface area (Å²) >= 11 is 0. The third-order valence-electron chi connectivity index (χ3n) is 3.45. The number of benzene rings is 1. The van der Waals surface area contributed by atoms with Gasteiger partial charge in [-0.3, -0.25) is 4.79 Å². The van der Waals surface area contributed by atoms with Gasteiger partial charge in [-0.25, -0.2) is 9.18 Å². The summed E-state index contributed by atoms with van der Waals surface area (Å²) in [4.78, 5) is 24.4. The molecule has 6 heteroatoms. The molecule has 5 nitrogen and oxygen atoms in total. The lowest BCUT2D eigenvalue weighted by Crippen LogP contribution is -2.46.